The first-order valence-corrected chi connectivity index (χ1v) is 8.01. The highest BCUT2D eigenvalue weighted by Crippen LogP contribution is 2.51. The normalized spacial score (nSPS) is 25.6. The standard InChI is InChI=1S/C17H21IO2/c1-13-9-10-17(12-19,16(2,3)15(13)18)20-11-14-7-5-4-6-8-14/h4-8,12H,9-11H2,1-3H3. The van der Waals surface area contributed by atoms with Crippen LogP contribution in [0, 0.1) is 5.41 Å². The molecule has 0 amide bonds. The van der Waals surface area contributed by atoms with Crippen molar-refractivity contribution in [2.24, 2.45) is 5.41 Å². The second kappa shape index (κ2) is 5.98. The Kier molecular flexibility index (Phi) is 4.69. The van der Waals surface area contributed by atoms with Gasteiger partial charge in [-0.15, -0.1) is 0 Å². The topological polar surface area (TPSA) is 26.3 Å². The molecule has 2 nitrogen and oxygen atoms in total. The molecule has 3 heteroatoms. The van der Waals surface area contributed by atoms with Crippen molar-refractivity contribution in [1.29, 1.82) is 0 Å². The van der Waals surface area contributed by atoms with E-state index in [4.69, 9.17) is 4.74 Å². The Bertz CT molecular complexity index is 519. The van der Waals surface area contributed by atoms with Crippen molar-refractivity contribution in [1.82, 2.24) is 0 Å². The van der Waals surface area contributed by atoms with Crippen LogP contribution < -0.4 is 0 Å². The average molecular weight is 384 g/mol. The van der Waals surface area contributed by atoms with E-state index in [2.05, 4.69) is 43.4 Å². The number of halogens is 1. The molecule has 0 aliphatic heterocycles. The molecule has 0 N–H and O–H groups in total. The fraction of sp³-hybridized carbons (Fsp3) is 0.471. The van der Waals surface area contributed by atoms with Crippen molar-refractivity contribution in [2.45, 2.75) is 45.8 Å². The number of ether oxygens (including phenoxy) is 1. The lowest BCUT2D eigenvalue weighted by Crippen LogP contribution is -2.51. The summed E-state index contributed by atoms with van der Waals surface area (Å²) in [4.78, 5) is 11.8. The van der Waals surface area contributed by atoms with Gasteiger partial charge in [0.2, 0.25) is 0 Å². The molecule has 0 bridgehead atoms. The van der Waals surface area contributed by atoms with E-state index in [0.717, 1.165) is 24.7 Å². The molecule has 1 unspecified atom stereocenters. The van der Waals surface area contributed by atoms with Crippen LogP contribution in [-0.2, 0) is 16.1 Å². The summed E-state index contributed by atoms with van der Waals surface area (Å²) in [6.45, 7) is 6.84. The van der Waals surface area contributed by atoms with E-state index in [9.17, 15) is 4.79 Å². The smallest absolute Gasteiger partial charge is 0.152 e. The maximum atomic E-state index is 11.8. The van der Waals surface area contributed by atoms with Gasteiger partial charge in [-0.1, -0.05) is 49.8 Å². The molecular weight excluding hydrogens is 363 g/mol. The molecule has 1 aromatic rings. The Morgan fingerprint density at radius 1 is 1.30 bits per heavy atom. The van der Waals surface area contributed by atoms with Gasteiger partial charge in [0.25, 0.3) is 0 Å². The van der Waals surface area contributed by atoms with Gasteiger partial charge in [-0.2, -0.15) is 0 Å². The van der Waals surface area contributed by atoms with Crippen LogP contribution in [0.2, 0.25) is 0 Å². The number of hydrogen-bond donors (Lipinski definition) is 0. The second-order valence-corrected chi connectivity index (χ2v) is 7.08. The van der Waals surface area contributed by atoms with E-state index in [-0.39, 0.29) is 5.41 Å². The van der Waals surface area contributed by atoms with Crippen molar-refractivity contribution >= 4 is 28.9 Å². The molecule has 2 rings (SSSR count). The van der Waals surface area contributed by atoms with Crippen molar-refractivity contribution in [3.8, 4) is 0 Å². The van der Waals surface area contributed by atoms with Crippen LogP contribution in [0.5, 0.6) is 0 Å². The summed E-state index contributed by atoms with van der Waals surface area (Å²) in [5.74, 6) is 0. The lowest BCUT2D eigenvalue weighted by Gasteiger charge is -2.46. The number of allylic oxidation sites excluding steroid dienone is 1. The highest BCUT2D eigenvalue weighted by molar-refractivity contribution is 14.1. The van der Waals surface area contributed by atoms with Gasteiger partial charge in [0, 0.05) is 5.41 Å². The third kappa shape index (κ3) is 2.70. The van der Waals surface area contributed by atoms with Crippen LogP contribution in [0.25, 0.3) is 0 Å². The Hall–Kier alpha value is -0.680. The largest absolute Gasteiger partial charge is 0.362 e. The number of benzene rings is 1. The number of carbonyl (C=O) groups excluding carboxylic acids is 1. The lowest BCUT2D eigenvalue weighted by atomic mass is 9.68. The first kappa shape index (κ1) is 15.7. The zero-order valence-electron chi connectivity index (χ0n) is 12.3. The summed E-state index contributed by atoms with van der Waals surface area (Å²) in [7, 11) is 0. The van der Waals surface area contributed by atoms with Crippen LogP contribution in [-0.4, -0.2) is 11.9 Å². The van der Waals surface area contributed by atoms with Crippen molar-refractivity contribution in [3.05, 3.63) is 45.0 Å². The molecule has 0 fully saturated rings. The zero-order chi connectivity index (χ0) is 14.8. The minimum atomic E-state index is -0.723. The van der Waals surface area contributed by atoms with E-state index in [0.29, 0.717) is 6.61 Å². The van der Waals surface area contributed by atoms with E-state index >= 15 is 0 Å². The van der Waals surface area contributed by atoms with Crippen LogP contribution >= 0.6 is 22.6 Å². The van der Waals surface area contributed by atoms with Gasteiger partial charge in [0.05, 0.1) is 6.61 Å². The van der Waals surface area contributed by atoms with Crippen molar-refractivity contribution in [2.75, 3.05) is 0 Å². The maximum Gasteiger partial charge on any atom is 0.152 e. The Labute approximate surface area is 134 Å². The minimum absolute atomic E-state index is 0.271. The molecular formula is C17H21IO2. The van der Waals surface area contributed by atoms with Crippen LogP contribution in [0.1, 0.15) is 39.2 Å². The highest BCUT2D eigenvalue weighted by atomic mass is 127. The molecule has 20 heavy (non-hydrogen) atoms. The maximum absolute atomic E-state index is 11.8. The van der Waals surface area contributed by atoms with Gasteiger partial charge in [-0.25, -0.2) is 0 Å². The Morgan fingerprint density at radius 2 is 1.95 bits per heavy atom. The number of aldehydes is 1. The molecule has 1 atom stereocenters. The minimum Gasteiger partial charge on any atom is -0.362 e. The van der Waals surface area contributed by atoms with Crippen molar-refractivity contribution < 1.29 is 9.53 Å². The van der Waals surface area contributed by atoms with E-state index < -0.39 is 5.60 Å². The highest BCUT2D eigenvalue weighted by Gasteiger charge is 2.50. The van der Waals surface area contributed by atoms with E-state index in [1.807, 2.05) is 30.3 Å². The monoisotopic (exact) mass is 384 g/mol. The van der Waals surface area contributed by atoms with Gasteiger partial charge >= 0.3 is 0 Å². The van der Waals surface area contributed by atoms with Crippen LogP contribution in [0.4, 0.5) is 0 Å². The van der Waals surface area contributed by atoms with Crippen molar-refractivity contribution in [3.63, 3.8) is 0 Å². The molecule has 1 aliphatic carbocycles. The second-order valence-electron chi connectivity index (χ2n) is 6.00. The first-order chi connectivity index (χ1) is 9.43. The Balaban J connectivity index is 2.24. The summed E-state index contributed by atoms with van der Waals surface area (Å²) in [6, 6.07) is 10.0. The SMILES string of the molecule is CC1=C(I)C(C)(C)C(C=O)(OCc2ccccc2)CC1. The first-order valence-electron chi connectivity index (χ1n) is 6.93. The number of carbonyl (C=O) groups is 1. The molecule has 1 aromatic carbocycles. The van der Waals surface area contributed by atoms with E-state index in [1.165, 1.54) is 9.15 Å². The summed E-state index contributed by atoms with van der Waals surface area (Å²) >= 11 is 2.37. The fourth-order valence-corrected chi connectivity index (χ4v) is 3.52. The fourth-order valence-electron chi connectivity index (χ4n) is 2.79. The summed E-state index contributed by atoms with van der Waals surface area (Å²) in [5.41, 5.74) is 1.48. The van der Waals surface area contributed by atoms with Gasteiger partial charge < -0.3 is 9.53 Å². The molecule has 0 aromatic heterocycles. The molecule has 0 saturated carbocycles. The van der Waals surface area contributed by atoms with Crippen LogP contribution in [0.3, 0.4) is 0 Å². The third-order valence-electron chi connectivity index (χ3n) is 4.38. The molecule has 0 heterocycles. The summed E-state index contributed by atoms with van der Waals surface area (Å²) in [5, 5.41) is 0. The van der Waals surface area contributed by atoms with Gasteiger partial charge in [-0.05, 0) is 51.5 Å². The summed E-state index contributed by atoms with van der Waals surface area (Å²) in [6.07, 6.45) is 2.70. The number of rotatable bonds is 4. The lowest BCUT2D eigenvalue weighted by molar-refractivity contribution is -0.152. The van der Waals surface area contributed by atoms with Gasteiger partial charge in [0.1, 0.15) is 5.60 Å². The quantitative estimate of drug-likeness (QED) is 0.557. The predicted molar refractivity (Wildman–Crippen MR) is 89.8 cm³/mol. The van der Waals surface area contributed by atoms with Crippen LogP contribution in [0.15, 0.2) is 39.5 Å². The average Bonchev–Trinajstić information content (AvgIpc) is 2.46. The number of hydrogen-bond acceptors (Lipinski definition) is 2. The molecule has 0 radical (unpaired) electrons. The van der Waals surface area contributed by atoms with E-state index in [1.54, 1.807) is 0 Å². The molecule has 108 valence electrons. The molecule has 0 saturated heterocycles. The predicted octanol–water partition coefficient (Wildman–Crippen LogP) is 4.67. The molecule has 0 spiro atoms. The molecule has 1 aliphatic rings. The Morgan fingerprint density at radius 3 is 2.55 bits per heavy atom. The summed E-state index contributed by atoms with van der Waals surface area (Å²) < 4.78 is 7.38. The zero-order valence-corrected chi connectivity index (χ0v) is 14.4. The third-order valence-corrected chi connectivity index (χ3v) is 6.65. The van der Waals surface area contributed by atoms with Gasteiger partial charge in [0.15, 0.2) is 6.29 Å². The van der Waals surface area contributed by atoms with Gasteiger partial charge in [-0.3, -0.25) is 0 Å².